The quantitative estimate of drug-likeness (QED) is 0.642. The van der Waals surface area contributed by atoms with Crippen LogP contribution in [-0.2, 0) is 4.74 Å². The second-order valence-electron chi connectivity index (χ2n) is 5.98. The Hall–Kier alpha value is -2.28. The van der Waals surface area contributed by atoms with Crippen LogP contribution in [0.25, 0.3) is 22.4 Å². The van der Waals surface area contributed by atoms with Crippen molar-refractivity contribution in [2.45, 2.75) is 26.4 Å². The molecule has 0 aliphatic carbocycles. The van der Waals surface area contributed by atoms with Crippen LogP contribution in [0.4, 0.5) is 4.79 Å². The van der Waals surface area contributed by atoms with E-state index < -0.39 is 11.7 Å². The maximum absolute atomic E-state index is 12.4. The highest BCUT2D eigenvalue weighted by Crippen LogP contribution is 2.28. The first-order valence-electron chi connectivity index (χ1n) is 7.04. The third-order valence-electron chi connectivity index (χ3n) is 2.96. The van der Waals surface area contributed by atoms with Gasteiger partial charge in [0.15, 0.2) is 5.65 Å². The summed E-state index contributed by atoms with van der Waals surface area (Å²) in [5, 5.41) is 5.11. The molecule has 0 N–H and O–H groups in total. The van der Waals surface area contributed by atoms with Crippen molar-refractivity contribution < 1.29 is 9.53 Å². The monoisotopic (exact) mass is 374 g/mol. The largest absolute Gasteiger partial charge is 0.442 e. The summed E-state index contributed by atoms with van der Waals surface area (Å²) in [6, 6.07) is 7.39. The summed E-state index contributed by atoms with van der Waals surface area (Å²) in [6.07, 6.45) is 2.73. The van der Waals surface area contributed by atoms with E-state index in [1.165, 1.54) is 4.68 Å². The topological polar surface area (TPSA) is 69.9 Å². The molecule has 3 heterocycles. The summed E-state index contributed by atoms with van der Waals surface area (Å²) in [7, 11) is 0. The van der Waals surface area contributed by atoms with E-state index in [0.29, 0.717) is 17.0 Å². The van der Waals surface area contributed by atoms with Crippen LogP contribution in [0.1, 0.15) is 20.8 Å². The summed E-state index contributed by atoms with van der Waals surface area (Å²) in [5.74, 6) is 0. The second kappa shape index (κ2) is 5.73. The van der Waals surface area contributed by atoms with Crippen molar-refractivity contribution in [1.82, 2.24) is 19.7 Å². The first kappa shape index (κ1) is 15.6. The van der Waals surface area contributed by atoms with Crippen molar-refractivity contribution >= 4 is 33.1 Å². The van der Waals surface area contributed by atoms with Crippen molar-refractivity contribution in [3.63, 3.8) is 0 Å². The van der Waals surface area contributed by atoms with Crippen LogP contribution < -0.4 is 0 Å². The molecular formula is C16H15BrN4O2. The van der Waals surface area contributed by atoms with Gasteiger partial charge in [-0.25, -0.2) is 9.78 Å². The summed E-state index contributed by atoms with van der Waals surface area (Å²) in [6.45, 7) is 5.42. The Labute approximate surface area is 141 Å². The van der Waals surface area contributed by atoms with Gasteiger partial charge in [0.25, 0.3) is 0 Å². The predicted molar refractivity (Wildman–Crippen MR) is 90.1 cm³/mol. The number of fused-ring (bicyclic) bond motifs is 1. The molecular weight excluding hydrogens is 360 g/mol. The molecule has 3 rings (SSSR count). The Morgan fingerprint density at radius 3 is 2.70 bits per heavy atom. The Kier molecular flexibility index (Phi) is 3.89. The fourth-order valence-electron chi connectivity index (χ4n) is 2.10. The van der Waals surface area contributed by atoms with Gasteiger partial charge in [-0.15, -0.1) is 4.68 Å². The van der Waals surface area contributed by atoms with E-state index in [1.807, 2.05) is 24.3 Å². The maximum atomic E-state index is 12.4. The van der Waals surface area contributed by atoms with Crippen LogP contribution in [0, 0.1) is 0 Å². The number of hydrogen-bond acceptors (Lipinski definition) is 5. The molecule has 0 fully saturated rings. The standard InChI is InChI=1S/C16H15BrN4O2/c1-16(2,3)23-15(22)21-14-11(8-10(17)9-19-14)13(20-21)12-6-4-5-7-18-12/h4-9H,1-3H3. The zero-order valence-electron chi connectivity index (χ0n) is 12.9. The molecule has 0 saturated carbocycles. The molecule has 0 radical (unpaired) electrons. The average molecular weight is 375 g/mol. The van der Waals surface area contributed by atoms with Crippen LogP contribution >= 0.6 is 15.9 Å². The average Bonchev–Trinajstić information content (AvgIpc) is 2.85. The van der Waals surface area contributed by atoms with Crippen molar-refractivity contribution in [1.29, 1.82) is 0 Å². The van der Waals surface area contributed by atoms with Gasteiger partial charge >= 0.3 is 6.09 Å². The molecule has 3 aromatic heterocycles. The number of ether oxygens (including phenoxy) is 1. The minimum absolute atomic E-state index is 0.433. The van der Waals surface area contributed by atoms with Gasteiger partial charge in [-0.2, -0.15) is 5.10 Å². The zero-order valence-corrected chi connectivity index (χ0v) is 14.5. The number of nitrogens with zero attached hydrogens (tertiary/aromatic N) is 4. The van der Waals surface area contributed by atoms with E-state index in [-0.39, 0.29) is 0 Å². The number of carbonyl (C=O) groups is 1. The first-order chi connectivity index (χ1) is 10.8. The zero-order chi connectivity index (χ0) is 16.6. The molecule has 23 heavy (non-hydrogen) atoms. The number of aromatic nitrogens is 4. The van der Waals surface area contributed by atoms with Crippen LogP contribution in [0.5, 0.6) is 0 Å². The van der Waals surface area contributed by atoms with Gasteiger partial charge in [-0.05, 0) is 54.9 Å². The molecule has 0 saturated heterocycles. The number of rotatable bonds is 1. The predicted octanol–water partition coefficient (Wildman–Crippen LogP) is 4.04. The molecule has 118 valence electrons. The highest BCUT2D eigenvalue weighted by molar-refractivity contribution is 9.10. The minimum atomic E-state index is -0.615. The molecule has 0 bridgehead atoms. The van der Waals surface area contributed by atoms with Gasteiger partial charge in [0.2, 0.25) is 0 Å². The fraction of sp³-hybridized carbons (Fsp3) is 0.250. The van der Waals surface area contributed by atoms with Crippen molar-refractivity contribution in [3.8, 4) is 11.4 Å². The van der Waals surface area contributed by atoms with Crippen molar-refractivity contribution in [2.75, 3.05) is 0 Å². The van der Waals surface area contributed by atoms with E-state index in [0.717, 1.165) is 9.86 Å². The van der Waals surface area contributed by atoms with Gasteiger partial charge in [-0.1, -0.05) is 6.07 Å². The molecule has 0 aromatic carbocycles. The van der Waals surface area contributed by atoms with Crippen LogP contribution in [0.3, 0.4) is 0 Å². The Morgan fingerprint density at radius 2 is 2.04 bits per heavy atom. The van der Waals surface area contributed by atoms with Gasteiger partial charge in [0.1, 0.15) is 11.3 Å². The van der Waals surface area contributed by atoms with Crippen LogP contribution in [0.15, 0.2) is 41.1 Å². The van der Waals surface area contributed by atoms with E-state index in [2.05, 4.69) is 31.0 Å². The summed E-state index contributed by atoms with van der Waals surface area (Å²) in [5.41, 5.74) is 1.07. The number of hydrogen-bond donors (Lipinski definition) is 0. The molecule has 0 aliphatic heterocycles. The summed E-state index contributed by atoms with van der Waals surface area (Å²) >= 11 is 3.40. The van der Waals surface area contributed by atoms with Crippen molar-refractivity contribution in [2.24, 2.45) is 0 Å². The lowest BCUT2D eigenvalue weighted by Crippen LogP contribution is -2.27. The van der Waals surface area contributed by atoms with E-state index in [4.69, 9.17) is 4.74 Å². The van der Waals surface area contributed by atoms with Gasteiger partial charge in [0, 0.05) is 16.9 Å². The van der Waals surface area contributed by atoms with Gasteiger partial charge in [0.05, 0.1) is 11.1 Å². The lowest BCUT2D eigenvalue weighted by atomic mass is 10.2. The summed E-state index contributed by atoms with van der Waals surface area (Å²) in [4.78, 5) is 21.0. The minimum Gasteiger partial charge on any atom is -0.442 e. The second-order valence-corrected chi connectivity index (χ2v) is 6.90. The van der Waals surface area contributed by atoms with Gasteiger partial charge < -0.3 is 4.74 Å². The van der Waals surface area contributed by atoms with Crippen LogP contribution in [-0.4, -0.2) is 31.4 Å². The van der Waals surface area contributed by atoms with Crippen LogP contribution in [0.2, 0.25) is 0 Å². The normalized spacial score (nSPS) is 11.7. The molecule has 6 nitrogen and oxygen atoms in total. The molecule has 0 unspecified atom stereocenters. The lowest BCUT2D eigenvalue weighted by Gasteiger charge is -2.18. The Bertz CT molecular complexity index is 869. The van der Waals surface area contributed by atoms with Gasteiger partial charge in [-0.3, -0.25) is 4.98 Å². The molecule has 3 aromatic rings. The number of carbonyl (C=O) groups excluding carboxylic acids is 1. The molecule has 0 aliphatic rings. The Balaban J connectivity index is 2.19. The van der Waals surface area contributed by atoms with E-state index >= 15 is 0 Å². The molecule has 0 spiro atoms. The molecule has 0 amide bonds. The van der Waals surface area contributed by atoms with Crippen molar-refractivity contribution in [3.05, 3.63) is 41.1 Å². The third-order valence-corrected chi connectivity index (χ3v) is 3.40. The highest BCUT2D eigenvalue weighted by Gasteiger charge is 2.23. The number of pyridine rings is 2. The smallest absolute Gasteiger partial charge is 0.437 e. The maximum Gasteiger partial charge on any atom is 0.437 e. The van der Waals surface area contributed by atoms with E-state index in [1.54, 1.807) is 33.2 Å². The summed E-state index contributed by atoms with van der Waals surface area (Å²) < 4.78 is 7.38. The fourth-order valence-corrected chi connectivity index (χ4v) is 2.43. The lowest BCUT2D eigenvalue weighted by molar-refractivity contribution is 0.0522. The molecule has 7 heteroatoms. The SMILES string of the molecule is CC(C)(C)OC(=O)n1nc(-c2ccccn2)c2cc(Br)cnc21. The number of halogens is 1. The highest BCUT2D eigenvalue weighted by atomic mass is 79.9. The third kappa shape index (κ3) is 3.24. The van der Waals surface area contributed by atoms with E-state index in [9.17, 15) is 4.79 Å². The first-order valence-corrected chi connectivity index (χ1v) is 7.83. The Morgan fingerprint density at radius 1 is 1.26 bits per heavy atom. The molecule has 0 atom stereocenters.